The maximum atomic E-state index is 6.81. The van der Waals surface area contributed by atoms with Gasteiger partial charge in [0.05, 0.1) is 22.1 Å². The largest absolute Gasteiger partial charge is 0.456 e. The summed E-state index contributed by atoms with van der Waals surface area (Å²) in [6, 6.07) is 74.5. The van der Waals surface area contributed by atoms with Crippen molar-refractivity contribution in [2.24, 2.45) is 0 Å². The number of aromatic nitrogens is 5. The van der Waals surface area contributed by atoms with Crippen LogP contribution in [0.4, 0.5) is 0 Å². The van der Waals surface area contributed by atoms with E-state index in [1.54, 1.807) is 0 Å². The molecule has 6 heteroatoms. The Balaban J connectivity index is 0.972. The molecule has 63 heavy (non-hydrogen) atoms. The fourth-order valence-corrected chi connectivity index (χ4v) is 9.42. The molecule has 0 aliphatic heterocycles. The third-order valence-corrected chi connectivity index (χ3v) is 12.4. The molecule has 0 unspecified atom stereocenters. The van der Waals surface area contributed by atoms with Crippen molar-refractivity contribution in [3.63, 3.8) is 0 Å². The molecule has 0 aliphatic carbocycles. The number of nitrogens with zero attached hydrogens (tertiary/aromatic N) is 5. The molecule has 4 aromatic heterocycles. The Morgan fingerprint density at radius 1 is 0.270 bits per heavy atom. The number of furan rings is 1. The number of benzene rings is 9. The van der Waals surface area contributed by atoms with Crippen molar-refractivity contribution in [2.75, 3.05) is 0 Å². The first kappa shape index (κ1) is 35.2. The van der Waals surface area contributed by atoms with Gasteiger partial charge in [-0.05, 0) is 65.7 Å². The zero-order valence-corrected chi connectivity index (χ0v) is 33.9. The molecule has 0 saturated heterocycles. The second kappa shape index (κ2) is 14.0. The van der Waals surface area contributed by atoms with E-state index in [-0.39, 0.29) is 0 Å². The third kappa shape index (κ3) is 5.69. The lowest BCUT2D eigenvalue weighted by Gasteiger charge is -2.11. The van der Waals surface area contributed by atoms with Crippen molar-refractivity contribution in [2.45, 2.75) is 0 Å². The van der Waals surface area contributed by atoms with Crippen molar-refractivity contribution in [3.05, 3.63) is 212 Å². The molecule has 0 atom stereocenters. The summed E-state index contributed by atoms with van der Waals surface area (Å²) in [6.45, 7) is 0. The quantitative estimate of drug-likeness (QED) is 0.168. The molecule has 0 spiro atoms. The van der Waals surface area contributed by atoms with E-state index in [0.717, 1.165) is 82.8 Å². The summed E-state index contributed by atoms with van der Waals surface area (Å²) >= 11 is 0. The summed E-state index contributed by atoms with van der Waals surface area (Å²) in [4.78, 5) is 15.0. The van der Waals surface area contributed by atoms with E-state index in [4.69, 9.17) is 19.4 Å². The predicted octanol–water partition coefficient (Wildman–Crippen LogP) is 14.6. The topological polar surface area (TPSA) is 61.7 Å². The summed E-state index contributed by atoms with van der Waals surface area (Å²) in [5.74, 6) is 1.88. The van der Waals surface area contributed by atoms with Crippen LogP contribution >= 0.6 is 0 Å². The molecule has 0 bridgehead atoms. The van der Waals surface area contributed by atoms with E-state index >= 15 is 0 Å². The van der Waals surface area contributed by atoms with Gasteiger partial charge in [-0.15, -0.1) is 0 Å². The number of hydrogen-bond donors (Lipinski definition) is 0. The summed E-state index contributed by atoms with van der Waals surface area (Å²) in [5, 5.41) is 6.85. The molecule has 4 heterocycles. The molecular weight excluding hydrogens is 771 g/mol. The molecule has 13 aromatic rings. The smallest absolute Gasteiger partial charge is 0.164 e. The lowest BCUT2D eigenvalue weighted by atomic mass is 10.0. The fourth-order valence-electron chi connectivity index (χ4n) is 9.42. The predicted molar refractivity (Wildman–Crippen MR) is 258 cm³/mol. The lowest BCUT2D eigenvalue weighted by molar-refractivity contribution is 0.669. The normalized spacial score (nSPS) is 11.8. The van der Waals surface area contributed by atoms with Crippen LogP contribution in [0.15, 0.2) is 217 Å². The average Bonchev–Trinajstić information content (AvgIpc) is 4.00. The highest BCUT2D eigenvalue weighted by Crippen LogP contribution is 2.41. The van der Waals surface area contributed by atoms with E-state index in [2.05, 4.69) is 161 Å². The van der Waals surface area contributed by atoms with Gasteiger partial charge >= 0.3 is 0 Å². The van der Waals surface area contributed by atoms with Gasteiger partial charge < -0.3 is 13.6 Å². The lowest BCUT2D eigenvalue weighted by Crippen LogP contribution is -2.01. The molecule has 0 aliphatic rings. The van der Waals surface area contributed by atoms with E-state index < -0.39 is 0 Å². The minimum atomic E-state index is 0.615. The number of hydrogen-bond acceptors (Lipinski definition) is 4. The monoisotopic (exact) mass is 805 g/mol. The SMILES string of the molecule is c1ccc(-c2ccc3c4ccccc4n(-c4ccc5c(c4)oc4cc6c7ccccc7n(-c7cccc(-c8nc(-c9ccccc9)nc(-c9ccccc9)n8)c7)c6cc45)c3c2)cc1. The summed E-state index contributed by atoms with van der Waals surface area (Å²) in [5.41, 5.74) is 13.4. The molecule has 294 valence electrons. The van der Waals surface area contributed by atoms with Crippen molar-refractivity contribution < 1.29 is 4.42 Å². The Kier molecular flexibility index (Phi) is 7.80. The van der Waals surface area contributed by atoms with Gasteiger partial charge in [0.25, 0.3) is 0 Å². The molecular formula is C57H35N5O. The van der Waals surface area contributed by atoms with Gasteiger partial charge in [0.15, 0.2) is 17.5 Å². The summed E-state index contributed by atoms with van der Waals surface area (Å²) in [7, 11) is 0. The maximum absolute atomic E-state index is 6.81. The zero-order chi connectivity index (χ0) is 41.4. The first-order chi connectivity index (χ1) is 31.2. The van der Waals surface area contributed by atoms with Crippen LogP contribution in [-0.4, -0.2) is 24.1 Å². The molecule has 0 N–H and O–H groups in total. The molecule has 0 saturated carbocycles. The van der Waals surface area contributed by atoms with Crippen LogP contribution < -0.4 is 0 Å². The summed E-state index contributed by atoms with van der Waals surface area (Å²) in [6.07, 6.45) is 0. The van der Waals surface area contributed by atoms with Crippen LogP contribution in [0.5, 0.6) is 0 Å². The second-order valence-corrected chi connectivity index (χ2v) is 16.0. The highest BCUT2D eigenvalue weighted by atomic mass is 16.3. The van der Waals surface area contributed by atoms with Gasteiger partial charge in [0.2, 0.25) is 0 Å². The first-order valence-electron chi connectivity index (χ1n) is 21.2. The van der Waals surface area contributed by atoms with Crippen LogP contribution in [0, 0.1) is 0 Å². The molecule has 13 rings (SSSR count). The van der Waals surface area contributed by atoms with Gasteiger partial charge in [-0.3, -0.25) is 0 Å². The fraction of sp³-hybridized carbons (Fsp3) is 0. The van der Waals surface area contributed by atoms with Crippen LogP contribution in [-0.2, 0) is 0 Å². The van der Waals surface area contributed by atoms with Gasteiger partial charge in [-0.1, -0.05) is 152 Å². The van der Waals surface area contributed by atoms with Crippen molar-refractivity contribution in [1.29, 1.82) is 0 Å². The van der Waals surface area contributed by atoms with Crippen LogP contribution in [0.3, 0.4) is 0 Å². The molecule has 0 amide bonds. The highest BCUT2D eigenvalue weighted by molar-refractivity contribution is 6.17. The molecule has 0 radical (unpaired) electrons. The first-order valence-corrected chi connectivity index (χ1v) is 21.2. The second-order valence-electron chi connectivity index (χ2n) is 16.0. The van der Waals surface area contributed by atoms with Crippen LogP contribution in [0.1, 0.15) is 0 Å². The van der Waals surface area contributed by atoms with Crippen molar-refractivity contribution in [3.8, 4) is 56.7 Å². The average molecular weight is 806 g/mol. The van der Waals surface area contributed by atoms with Crippen LogP contribution in [0.25, 0.3) is 122 Å². The maximum Gasteiger partial charge on any atom is 0.164 e. The van der Waals surface area contributed by atoms with Crippen LogP contribution in [0.2, 0.25) is 0 Å². The van der Waals surface area contributed by atoms with Crippen molar-refractivity contribution >= 4 is 65.6 Å². The number of fused-ring (bicyclic) bond motifs is 9. The molecule has 6 nitrogen and oxygen atoms in total. The third-order valence-electron chi connectivity index (χ3n) is 12.4. The van der Waals surface area contributed by atoms with Crippen molar-refractivity contribution in [1.82, 2.24) is 24.1 Å². The Morgan fingerprint density at radius 3 is 1.43 bits per heavy atom. The van der Waals surface area contributed by atoms with Gasteiger partial charge in [0, 0.05) is 66.4 Å². The highest BCUT2D eigenvalue weighted by Gasteiger charge is 2.20. The zero-order valence-electron chi connectivity index (χ0n) is 33.9. The minimum Gasteiger partial charge on any atom is -0.456 e. The van der Waals surface area contributed by atoms with Gasteiger partial charge in [-0.25, -0.2) is 15.0 Å². The van der Waals surface area contributed by atoms with E-state index in [1.165, 1.54) is 21.9 Å². The Bertz CT molecular complexity index is 3850. The standard InChI is InChI=1S/C57H35N5O/c1-4-15-36(16-5-1)39-27-29-45-43-23-10-12-25-49(43)62(51(45)32-39)42-28-30-46-48-34-52-47(35-54(48)63-53(46)33-42)44-24-11-13-26-50(44)61(52)41-22-14-21-40(31-41)57-59-55(37-17-6-2-7-18-37)58-56(60-57)38-19-8-3-9-20-38/h1-35H. The van der Waals surface area contributed by atoms with Gasteiger partial charge in [0.1, 0.15) is 11.2 Å². The Morgan fingerprint density at radius 2 is 0.762 bits per heavy atom. The minimum absolute atomic E-state index is 0.615. The van der Waals surface area contributed by atoms with E-state index in [0.29, 0.717) is 17.5 Å². The molecule has 9 aromatic carbocycles. The number of rotatable bonds is 6. The van der Waals surface area contributed by atoms with E-state index in [1.807, 2.05) is 60.7 Å². The Hall–Kier alpha value is -8.61. The van der Waals surface area contributed by atoms with Gasteiger partial charge in [-0.2, -0.15) is 0 Å². The van der Waals surface area contributed by atoms with E-state index in [9.17, 15) is 0 Å². The molecule has 0 fully saturated rings. The Labute approximate surface area is 361 Å². The summed E-state index contributed by atoms with van der Waals surface area (Å²) < 4.78 is 11.5. The number of para-hydroxylation sites is 2.